The van der Waals surface area contributed by atoms with E-state index < -0.39 is 41.8 Å². The lowest BCUT2D eigenvalue weighted by molar-refractivity contribution is -0.145. The lowest BCUT2D eigenvalue weighted by atomic mass is 9.88. The summed E-state index contributed by atoms with van der Waals surface area (Å²) in [6, 6.07) is 15.3. The van der Waals surface area contributed by atoms with Crippen LogP contribution in [0.15, 0.2) is 66.2 Å². The molecule has 0 bridgehead atoms. The Morgan fingerprint density at radius 1 is 0.814 bits per heavy atom. The van der Waals surface area contributed by atoms with Crippen LogP contribution in [-0.4, -0.2) is 115 Å². The third-order valence-electron chi connectivity index (χ3n) is 12.9. The van der Waals surface area contributed by atoms with Gasteiger partial charge in [-0.25, -0.2) is 9.78 Å². The van der Waals surface area contributed by atoms with E-state index in [4.69, 9.17) is 14.2 Å². The normalized spacial score (nSPS) is 15.7. The lowest BCUT2D eigenvalue weighted by Gasteiger charge is -2.40. The molecule has 2 aromatic carbocycles. The Hall–Kier alpha value is -4.90. The Bertz CT molecular complexity index is 2060. The van der Waals surface area contributed by atoms with E-state index in [1.807, 2.05) is 114 Å². The summed E-state index contributed by atoms with van der Waals surface area (Å²) in [4.78, 5) is 76.5. The summed E-state index contributed by atoms with van der Waals surface area (Å²) < 4.78 is 17.3. The van der Waals surface area contributed by atoms with Gasteiger partial charge in [0.2, 0.25) is 23.6 Å². The number of amides is 5. The minimum absolute atomic E-state index is 0.0220. The van der Waals surface area contributed by atoms with Crippen molar-refractivity contribution in [1.82, 2.24) is 30.7 Å². The maximum absolute atomic E-state index is 14.5. The van der Waals surface area contributed by atoms with Crippen molar-refractivity contribution in [2.45, 2.75) is 157 Å². The number of hydrogen-bond acceptors (Lipinski definition) is 11. The zero-order chi connectivity index (χ0) is 52.3. The average molecular weight is 992 g/mol. The van der Waals surface area contributed by atoms with E-state index in [0.717, 1.165) is 22.6 Å². The number of nitrogens with one attached hydrogen (secondary N) is 4. The third-order valence-corrected chi connectivity index (χ3v) is 13.8. The molecule has 0 aliphatic carbocycles. The highest BCUT2D eigenvalue weighted by Crippen LogP contribution is 2.27. The average Bonchev–Trinajstić information content (AvgIpc) is 3.84. The van der Waals surface area contributed by atoms with Crippen molar-refractivity contribution in [3.63, 3.8) is 0 Å². The predicted octanol–water partition coefficient (Wildman–Crippen LogP) is 8.65. The molecule has 4 N–H and O–H groups in total. The number of thiazole rings is 1. The predicted molar refractivity (Wildman–Crippen MR) is 279 cm³/mol. The number of nitrogens with zero attached hydrogens (tertiary/aromatic N) is 3. The molecule has 16 heteroatoms. The number of hydrogen-bond donors (Lipinski definition) is 4. The molecule has 1 heterocycles. The second kappa shape index (κ2) is 28.8. The van der Waals surface area contributed by atoms with Gasteiger partial charge >= 0.3 is 6.09 Å². The summed E-state index contributed by atoms with van der Waals surface area (Å²) in [6.45, 7) is 22.0. The van der Waals surface area contributed by atoms with Crippen molar-refractivity contribution < 1.29 is 38.2 Å². The molecule has 0 saturated carbocycles. The molecule has 5 amide bonds. The minimum Gasteiger partial charge on any atom is -0.444 e. The molecule has 0 fully saturated rings. The van der Waals surface area contributed by atoms with Crippen molar-refractivity contribution in [3.05, 3.63) is 82.3 Å². The van der Waals surface area contributed by atoms with Crippen LogP contribution in [0, 0.1) is 29.6 Å². The van der Waals surface area contributed by atoms with Crippen LogP contribution in [0.25, 0.3) is 0 Å². The maximum atomic E-state index is 14.5. The van der Waals surface area contributed by atoms with Crippen LogP contribution in [0.3, 0.4) is 0 Å². The van der Waals surface area contributed by atoms with Crippen LogP contribution in [0.1, 0.15) is 124 Å². The van der Waals surface area contributed by atoms with Gasteiger partial charge in [-0.05, 0) is 94.0 Å². The molecule has 3 rings (SSSR count). The van der Waals surface area contributed by atoms with E-state index in [-0.39, 0.29) is 65.9 Å². The van der Waals surface area contributed by atoms with Gasteiger partial charge in [0.1, 0.15) is 16.7 Å². The van der Waals surface area contributed by atoms with E-state index in [0.29, 0.717) is 38.0 Å². The Labute approximate surface area is 423 Å². The zero-order valence-electron chi connectivity index (χ0n) is 44.7. The molecule has 1 aromatic heterocycles. The number of benzene rings is 2. The minimum atomic E-state index is -0.841. The summed E-state index contributed by atoms with van der Waals surface area (Å²) in [5.41, 5.74) is 1.93. The summed E-state index contributed by atoms with van der Waals surface area (Å²) in [6.07, 6.45) is 3.01. The molecule has 9 atom stereocenters. The third kappa shape index (κ3) is 18.7. The first-order chi connectivity index (χ1) is 33.0. The quantitative estimate of drug-likeness (QED) is 0.0515. The lowest BCUT2D eigenvalue weighted by Crippen LogP contribution is -2.59. The molecular formula is C54H85N7O8S. The zero-order valence-corrected chi connectivity index (χ0v) is 45.5. The van der Waals surface area contributed by atoms with Crippen LogP contribution in [0.4, 0.5) is 10.5 Å². The monoisotopic (exact) mass is 992 g/mol. The molecule has 15 nitrogen and oxygen atoms in total. The van der Waals surface area contributed by atoms with Gasteiger partial charge in [-0.3, -0.25) is 29.4 Å². The van der Waals surface area contributed by atoms with Gasteiger partial charge in [-0.2, -0.15) is 0 Å². The van der Waals surface area contributed by atoms with Gasteiger partial charge in [0, 0.05) is 51.6 Å². The number of rotatable bonds is 28. The fourth-order valence-corrected chi connectivity index (χ4v) is 9.87. The van der Waals surface area contributed by atoms with Gasteiger partial charge in [0.25, 0.3) is 0 Å². The van der Waals surface area contributed by atoms with Crippen LogP contribution in [0.2, 0.25) is 0 Å². The fraction of sp³-hybridized carbons (Fsp3) is 0.630. The first-order valence-corrected chi connectivity index (χ1v) is 25.8. The number of anilines is 1. The van der Waals surface area contributed by atoms with E-state index in [2.05, 4.69) is 33.2 Å². The highest BCUT2D eigenvalue weighted by atomic mass is 32.1. The Morgan fingerprint density at radius 3 is 2.06 bits per heavy atom. The molecule has 3 aromatic rings. The molecular weight excluding hydrogens is 907 g/mol. The van der Waals surface area contributed by atoms with Crippen molar-refractivity contribution >= 4 is 46.7 Å². The highest BCUT2D eigenvalue weighted by molar-refractivity contribution is 7.09. The Morgan fingerprint density at radius 2 is 1.49 bits per heavy atom. The molecule has 0 radical (unpaired) electrons. The van der Waals surface area contributed by atoms with Crippen LogP contribution in [0.5, 0.6) is 0 Å². The number of likely N-dealkylation sites (N-methyl/N-ethyl adjacent to an activating group) is 2. The summed E-state index contributed by atoms with van der Waals surface area (Å²) >= 11 is 1.52. The van der Waals surface area contributed by atoms with Crippen molar-refractivity contribution in [1.29, 1.82) is 0 Å². The molecule has 390 valence electrons. The van der Waals surface area contributed by atoms with E-state index in [1.54, 1.807) is 59.2 Å². The number of ether oxygens (including phenoxy) is 3. The molecule has 70 heavy (non-hydrogen) atoms. The second-order valence-electron chi connectivity index (χ2n) is 20.5. The number of carbonyl (C=O) groups is 5. The highest BCUT2D eigenvalue weighted by Gasteiger charge is 2.39. The molecule has 2 unspecified atom stereocenters. The smallest absolute Gasteiger partial charge is 0.412 e. The van der Waals surface area contributed by atoms with Gasteiger partial charge < -0.3 is 35.1 Å². The van der Waals surface area contributed by atoms with E-state index in [9.17, 15) is 24.0 Å². The van der Waals surface area contributed by atoms with Crippen molar-refractivity contribution in [2.75, 3.05) is 40.2 Å². The van der Waals surface area contributed by atoms with Gasteiger partial charge in [0.15, 0.2) is 0 Å². The molecule has 0 saturated heterocycles. The van der Waals surface area contributed by atoms with Crippen LogP contribution in [-0.2, 0) is 46.4 Å². The largest absolute Gasteiger partial charge is 0.444 e. The summed E-state index contributed by atoms with van der Waals surface area (Å²) in [5.74, 6) is -1.62. The topological polar surface area (TPSA) is 181 Å². The number of carbonyl (C=O) groups excluding carboxylic acids is 5. The van der Waals surface area contributed by atoms with Crippen molar-refractivity contribution in [3.8, 4) is 0 Å². The van der Waals surface area contributed by atoms with E-state index >= 15 is 0 Å². The number of aromatic nitrogens is 1. The number of methoxy groups -OCH3 is 2. The molecule has 0 aliphatic heterocycles. The summed E-state index contributed by atoms with van der Waals surface area (Å²) in [5, 5.41) is 14.9. The maximum Gasteiger partial charge on any atom is 0.412 e. The first-order valence-electron chi connectivity index (χ1n) is 24.9. The fourth-order valence-electron chi connectivity index (χ4n) is 9.18. The summed E-state index contributed by atoms with van der Waals surface area (Å²) in [7, 11) is 6.79. The second-order valence-corrected chi connectivity index (χ2v) is 21.5. The van der Waals surface area contributed by atoms with Gasteiger partial charge in [-0.15, -0.1) is 11.3 Å². The van der Waals surface area contributed by atoms with Gasteiger partial charge in [0.05, 0.1) is 42.7 Å². The van der Waals surface area contributed by atoms with Crippen LogP contribution >= 0.6 is 11.3 Å². The standard InChI is InChI=1S/C54H85N7O8S/c1-16-36(6)47(61(13)52(65)45(34(2)3)59-50(64)46(35(4)5)60(12)33-40-25-20-26-41(30-40)57-53(66)69-54(9,10)11)43(67-14)32-44(62)55-27-21-22-37(7)48(68-15)38(8)49(63)58-42(51-56-28-29-70-51)31-39-23-18-17-19-24-39/h17-20,23-26,28-30,34-38,42-43,45-48H,16,21-22,27,31-33H2,1-15H3,(H,55,62)(H,57,66)(H,58,63)(H,59,64)/t36-,37?,38+,42-,43+,45-,46-,47-,48?/m0/s1. The Kier molecular flexibility index (Phi) is 24.5. The van der Waals surface area contributed by atoms with E-state index in [1.165, 1.54) is 11.3 Å². The Balaban J connectivity index is 1.62. The van der Waals surface area contributed by atoms with Crippen LogP contribution < -0.4 is 21.3 Å². The first kappa shape index (κ1) is 59.4. The van der Waals surface area contributed by atoms with Crippen molar-refractivity contribution in [2.24, 2.45) is 29.6 Å². The molecule has 0 aliphatic rings. The molecule has 0 spiro atoms. The van der Waals surface area contributed by atoms with Gasteiger partial charge in [-0.1, -0.05) is 104 Å². The SMILES string of the molecule is CC[C@H](C)[C@@H]([C@@H](CC(=O)NCCCC(C)C(OC)[C@@H](C)C(=O)N[C@@H](Cc1ccccc1)c1nccs1)OC)N(C)C(=O)[C@@H](NC(=O)[C@H](C(C)C)N(C)Cc1cccc(NC(=O)OC(C)(C)C)c1)C(C)C.